The minimum atomic E-state index is 0.0556. The van der Waals surface area contributed by atoms with Crippen LogP contribution in [0.1, 0.15) is 35.7 Å². The minimum absolute atomic E-state index is 0.0556. The number of rotatable bonds is 5. The number of aromatic nitrogens is 1. The molecule has 29 heavy (non-hydrogen) atoms. The third-order valence-electron chi connectivity index (χ3n) is 7.17. The third-order valence-corrected chi connectivity index (χ3v) is 7.17. The Morgan fingerprint density at radius 3 is 2.62 bits per heavy atom. The molecule has 1 fully saturated rings. The average Bonchev–Trinajstić information content (AvgIpc) is 3.02. The highest BCUT2D eigenvalue weighted by atomic mass is 16.1. The van der Waals surface area contributed by atoms with Gasteiger partial charge in [0.2, 0.25) is 0 Å². The molecule has 3 nitrogen and oxygen atoms in total. The van der Waals surface area contributed by atoms with Gasteiger partial charge in [0.25, 0.3) is 0 Å². The fourth-order valence-corrected chi connectivity index (χ4v) is 5.90. The lowest BCUT2D eigenvalue weighted by Crippen LogP contribution is -2.54. The van der Waals surface area contributed by atoms with Gasteiger partial charge in [-0.05, 0) is 42.4 Å². The van der Waals surface area contributed by atoms with Crippen molar-refractivity contribution in [3.8, 4) is 0 Å². The Morgan fingerprint density at radius 2 is 1.86 bits per heavy atom. The standard InChI is InChI=1S/C26H28N2O/c1-3-9-19-14-25-26-21(20-12-7-8-13-23(20)27(26)2)15-24(22(19)17-29)28(25)16-18-10-5-4-6-11-18/h3-8,10-13,17,19,22,24-25H,1,9,14-16H2,2H3/t19-,22+,24+,25+/m1/s1. The fraction of sp³-hybridized carbons (Fsp3) is 0.346. The molecule has 0 aliphatic carbocycles. The van der Waals surface area contributed by atoms with Crippen molar-refractivity contribution in [2.75, 3.05) is 0 Å². The molecule has 2 bridgehead atoms. The summed E-state index contributed by atoms with van der Waals surface area (Å²) < 4.78 is 2.40. The first kappa shape index (κ1) is 18.4. The molecule has 148 valence electrons. The second-order valence-corrected chi connectivity index (χ2v) is 8.62. The van der Waals surface area contributed by atoms with Crippen LogP contribution in [0.5, 0.6) is 0 Å². The van der Waals surface area contributed by atoms with E-state index in [-0.39, 0.29) is 12.0 Å². The quantitative estimate of drug-likeness (QED) is 0.454. The smallest absolute Gasteiger partial charge is 0.124 e. The van der Waals surface area contributed by atoms with Crippen molar-refractivity contribution in [2.24, 2.45) is 18.9 Å². The SMILES string of the molecule is C=CC[C@@H]1C[C@H]2c3c(c4ccccc4n3C)C[C@@H]([C@H]1C=O)N2Cc1ccccc1. The number of para-hydroxylation sites is 1. The number of aryl methyl sites for hydroxylation is 1. The van der Waals surface area contributed by atoms with Gasteiger partial charge < -0.3 is 9.36 Å². The van der Waals surface area contributed by atoms with Crippen LogP contribution in [0, 0.1) is 11.8 Å². The van der Waals surface area contributed by atoms with Gasteiger partial charge in [0.05, 0.1) is 6.04 Å². The van der Waals surface area contributed by atoms with E-state index in [0.717, 1.165) is 25.8 Å². The molecular weight excluding hydrogens is 356 g/mol. The Kier molecular flexibility index (Phi) is 4.63. The van der Waals surface area contributed by atoms with E-state index < -0.39 is 0 Å². The van der Waals surface area contributed by atoms with Crippen LogP contribution in [0.3, 0.4) is 0 Å². The van der Waals surface area contributed by atoms with Crippen LogP contribution < -0.4 is 0 Å². The number of piperidine rings is 1. The summed E-state index contributed by atoms with van der Waals surface area (Å²) in [7, 11) is 2.20. The third kappa shape index (κ3) is 2.87. The lowest BCUT2D eigenvalue weighted by Gasteiger charge is -2.52. The Labute approximate surface area is 172 Å². The molecule has 2 aromatic carbocycles. The molecule has 2 aliphatic rings. The number of hydrogen-bond donors (Lipinski definition) is 0. The summed E-state index contributed by atoms with van der Waals surface area (Å²) in [4.78, 5) is 14.9. The summed E-state index contributed by atoms with van der Waals surface area (Å²) in [5.41, 5.74) is 5.51. The van der Waals surface area contributed by atoms with E-state index in [1.165, 1.54) is 34.0 Å². The molecule has 0 spiro atoms. The summed E-state index contributed by atoms with van der Waals surface area (Å²) in [5.74, 6) is 0.429. The van der Waals surface area contributed by atoms with Crippen molar-refractivity contribution in [1.29, 1.82) is 0 Å². The molecule has 1 saturated heterocycles. The Bertz CT molecular complexity index is 1050. The first-order valence-corrected chi connectivity index (χ1v) is 10.6. The van der Waals surface area contributed by atoms with Gasteiger partial charge in [0.1, 0.15) is 6.29 Å². The molecule has 1 aromatic heterocycles. The number of aldehydes is 1. The molecule has 0 unspecified atom stereocenters. The first-order valence-electron chi connectivity index (χ1n) is 10.6. The van der Waals surface area contributed by atoms with E-state index in [9.17, 15) is 4.79 Å². The van der Waals surface area contributed by atoms with Crippen molar-refractivity contribution >= 4 is 17.2 Å². The van der Waals surface area contributed by atoms with E-state index in [1.54, 1.807) is 0 Å². The maximum absolute atomic E-state index is 12.3. The predicted octanol–water partition coefficient (Wildman–Crippen LogP) is 5.06. The van der Waals surface area contributed by atoms with Crippen LogP contribution in [-0.2, 0) is 24.8 Å². The molecule has 0 saturated carbocycles. The second-order valence-electron chi connectivity index (χ2n) is 8.62. The van der Waals surface area contributed by atoms with Crippen LogP contribution in [0.15, 0.2) is 67.3 Å². The number of carbonyl (C=O) groups excluding carboxylic acids is 1. The van der Waals surface area contributed by atoms with Crippen molar-refractivity contribution in [3.63, 3.8) is 0 Å². The summed E-state index contributed by atoms with van der Waals surface area (Å²) in [6, 6.07) is 20.0. The van der Waals surface area contributed by atoms with Gasteiger partial charge in [-0.2, -0.15) is 0 Å². The van der Waals surface area contributed by atoms with Gasteiger partial charge >= 0.3 is 0 Å². The van der Waals surface area contributed by atoms with Crippen LogP contribution in [-0.4, -0.2) is 21.8 Å². The fourth-order valence-electron chi connectivity index (χ4n) is 5.90. The first-order chi connectivity index (χ1) is 14.2. The number of hydrogen-bond acceptors (Lipinski definition) is 2. The molecular formula is C26H28N2O. The molecule has 0 amide bonds. The Hall–Kier alpha value is -2.65. The largest absolute Gasteiger partial charge is 0.346 e. The zero-order chi connectivity index (χ0) is 20.0. The highest BCUT2D eigenvalue weighted by molar-refractivity contribution is 5.86. The molecule has 5 rings (SSSR count). The normalized spacial score (nSPS) is 26.2. The molecule has 3 heteroatoms. The van der Waals surface area contributed by atoms with Gasteiger partial charge in [-0.25, -0.2) is 0 Å². The summed E-state index contributed by atoms with van der Waals surface area (Å²) >= 11 is 0. The second kappa shape index (κ2) is 7.31. The molecule has 4 atom stereocenters. The predicted molar refractivity (Wildman–Crippen MR) is 118 cm³/mol. The van der Waals surface area contributed by atoms with Gasteiger partial charge in [-0.3, -0.25) is 4.90 Å². The Morgan fingerprint density at radius 1 is 1.10 bits per heavy atom. The van der Waals surface area contributed by atoms with E-state index in [2.05, 4.69) is 77.7 Å². The van der Waals surface area contributed by atoms with Gasteiger partial charge in [0, 0.05) is 42.1 Å². The highest BCUT2D eigenvalue weighted by Crippen LogP contribution is 2.50. The van der Waals surface area contributed by atoms with E-state index in [4.69, 9.17) is 0 Å². The van der Waals surface area contributed by atoms with Gasteiger partial charge in [-0.1, -0.05) is 54.6 Å². The van der Waals surface area contributed by atoms with Crippen molar-refractivity contribution in [2.45, 2.75) is 37.9 Å². The van der Waals surface area contributed by atoms with Crippen LogP contribution in [0.4, 0.5) is 0 Å². The topological polar surface area (TPSA) is 25.2 Å². The molecule has 0 N–H and O–H groups in total. The van der Waals surface area contributed by atoms with E-state index >= 15 is 0 Å². The number of allylic oxidation sites excluding steroid dienone is 1. The molecule has 2 aliphatic heterocycles. The lowest BCUT2D eigenvalue weighted by molar-refractivity contribution is -0.120. The number of fused-ring (bicyclic) bond motifs is 6. The minimum Gasteiger partial charge on any atom is -0.346 e. The zero-order valence-electron chi connectivity index (χ0n) is 17.0. The monoisotopic (exact) mass is 384 g/mol. The molecule has 3 heterocycles. The van der Waals surface area contributed by atoms with Crippen molar-refractivity contribution in [1.82, 2.24) is 9.47 Å². The zero-order valence-corrected chi connectivity index (χ0v) is 17.0. The summed E-state index contributed by atoms with van der Waals surface area (Å²) in [6.07, 6.45) is 6.08. The summed E-state index contributed by atoms with van der Waals surface area (Å²) in [6.45, 7) is 4.86. The van der Waals surface area contributed by atoms with Gasteiger partial charge in [-0.15, -0.1) is 6.58 Å². The molecule has 3 aromatic rings. The number of benzene rings is 2. The maximum Gasteiger partial charge on any atom is 0.124 e. The lowest BCUT2D eigenvalue weighted by atomic mass is 9.69. The van der Waals surface area contributed by atoms with Crippen LogP contribution >= 0.6 is 0 Å². The van der Waals surface area contributed by atoms with Crippen molar-refractivity contribution < 1.29 is 4.79 Å². The number of carbonyl (C=O) groups is 1. The number of nitrogens with zero attached hydrogens (tertiary/aromatic N) is 2. The summed E-state index contributed by atoms with van der Waals surface area (Å²) in [5, 5.41) is 1.35. The Balaban J connectivity index is 1.65. The van der Waals surface area contributed by atoms with Gasteiger partial charge in [0.15, 0.2) is 0 Å². The van der Waals surface area contributed by atoms with E-state index in [0.29, 0.717) is 12.0 Å². The van der Waals surface area contributed by atoms with E-state index in [1.807, 2.05) is 6.08 Å². The highest BCUT2D eigenvalue weighted by Gasteiger charge is 2.48. The maximum atomic E-state index is 12.3. The molecule has 0 radical (unpaired) electrons. The van der Waals surface area contributed by atoms with Crippen LogP contribution in [0.2, 0.25) is 0 Å². The van der Waals surface area contributed by atoms with Crippen LogP contribution in [0.25, 0.3) is 10.9 Å². The average molecular weight is 385 g/mol. The van der Waals surface area contributed by atoms with Crippen molar-refractivity contribution in [3.05, 3.63) is 84.1 Å².